The van der Waals surface area contributed by atoms with Crippen LogP contribution >= 0.6 is 0 Å². The van der Waals surface area contributed by atoms with Crippen LogP contribution in [0, 0.1) is 11.8 Å². The quantitative estimate of drug-likeness (QED) is 0.867. The molecule has 0 aliphatic heterocycles. The normalized spacial score (nSPS) is 31.3. The Hall–Kier alpha value is -0.900. The molecule has 17 heavy (non-hydrogen) atoms. The fraction of sp³-hybridized carbons (Fsp3) is 0.846. The lowest BCUT2D eigenvalue weighted by Crippen LogP contribution is -2.11. The van der Waals surface area contributed by atoms with E-state index in [1.165, 1.54) is 31.5 Å². The van der Waals surface area contributed by atoms with E-state index in [0.29, 0.717) is 12.5 Å². The number of rotatable bonds is 4. The molecule has 0 spiro atoms. The summed E-state index contributed by atoms with van der Waals surface area (Å²) >= 11 is 0. The Morgan fingerprint density at radius 1 is 1.24 bits per heavy atom. The van der Waals surface area contributed by atoms with Gasteiger partial charge in [-0.25, -0.2) is 0 Å². The summed E-state index contributed by atoms with van der Waals surface area (Å²) in [6.07, 6.45) is 6.73. The fourth-order valence-corrected chi connectivity index (χ4v) is 3.59. The minimum Gasteiger partial charge on any atom is -0.324 e. The Balaban J connectivity index is 1.85. The summed E-state index contributed by atoms with van der Waals surface area (Å²) in [5.74, 6) is 4.68. The number of hydrogen-bond acceptors (Lipinski definition) is 3. The Bertz CT molecular complexity index is 386. The smallest absolute Gasteiger partial charge is 0.146 e. The third-order valence-electron chi connectivity index (χ3n) is 4.44. The zero-order chi connectivity index (χ0) is 11.8. The van der Waals surface area contributed by atoms with Gasteiger partial charge >= 0.3 is 0 Å². The second-order valence-corrected chi connectivity index (χ2v) is 5.47. The second-order valence-electron chi connectivity index (χ2n) is 5.47. The van der Waals surface area contributed by atoms with Gasteiger partial charge in [0.1, 0.15) is 11.6 Å². The van der Waals surface area contributed by atoms with Crippen molar-refractivity contribution in [3.63, 3.8) is 0 Å². The molecule has 2 saturated carbocycles. The first-order chi connectivity index (χ1) is 8.36. The van der Waals surface area contributed by atoms with Gasteiger partial charge in [-0.05, 0) is 31.1 Å². The van der Waals surface area contributed by atoms with E-state index in [9.17, 15) is 0 Å². The minimum absolute atomic E-state index is 0.509. The second kappa shape index (κ2) is 4.41. The number of nitrogens with two attached hydrogens (primary N) is 1. The first-order valence-corrected chi connectivity index (χ1v) is 6.98. The predicted octanol–water partition coefficient (Wildman–Crippen LogP) is 2.05. The van der Waals surface area contributed by atoms with Crippen molar-refractivity contribution in [1.29, 1.82) is 0 Å². The van der Waals surface area contributed by atoms with E-state index in [0.717, 1.165) is 30.6 Å². The van der Waals surface area contributed by atoms with Gasteiger partial charge in [0.2, 0.25) is 0 Å². The molecule has 2 aliphatic rings. The van der Waals surface area contributed by atoms with E-state index in [2.05, 4.69) is 21.7 Å². The van der Waals surface area contributed by atoms with E-state index in [-0.39, 0.29) is 0 Å². The average molecular weight is 234 g/mol. The highest BCUT2D eigenvalue weighted by atomic mass is 15.3. The summed E-state index contributed by atoms with van der Waals surface area (Å²) < 4.78 is 2.28. The topological polar surface area (TPSA) is 56.7 Å². The van der Waals surface area contributed by atoms with Crippen molar-refractivity contribution < 1.29 is 0 Å². The summed E-state index contributed by atoms with van der Waals surface area (Å²) in [5.41, 5.74) is 5.74. The first-order valence-electron chi connectivity index (χ1n) is 6.98. The van der Waals surface area contributed by atoms with Crippen molar-refractivity contribution in [1.82, 2.24) is 14.8 Å². The Labute approximate surface area is 103 Å². The molecule has 2 fully saturated rings. The van der Waals surface area contributed by atoms with Crippen LogP contribution in [0.3, 0.4) is 0 Å². The molecule has 1 aromatic rings. The average Bonchev–Trinajstić information content (AvgIpc) is 2.96. The molecule has 2 N–H and O–H groups in total. The fourth-order valence-electron chi connectivity index (χ4n) is 3.59. The van der Waals surface area contributed by atoms with Gasteiger partial charge in [-0.15, -0.1) is 10.2 Å². The van der Waals surface area contributed by atoms with E-state index < -0.39 is 0 Å². The predicted molar refractivity (Wildman–Crippen MR) is 66.4 cm³/mol. The van der Waals surface area contributed by atoms with Crippen LogP contribution in [0.15, 0.2) is 0 Å². The van der Waals surface area contributed by atoms with Crippen LogP contribution in [-0.4, -0.2) is 14.8 Å². The maximum atomic E-state index is 5.74. The number of hydrogen-bond donors (Lipinski definition) is 1. The van der Waals surface area contributed by atoms with Crippen LogP contribution in [0.2, 0.25) is 0 Å². The molecule has 0 saturated heterocycles. The molecule has 4 nitrogen and oxygen atoms in total. The molecule has 0 amide bonds. The zero-order valence-corrected chi connectivity index (χ0v) is 10.6. The summed E-state index contributed by atoms with van der Waals surface area (Å²) in [5, 5.41) is 8.69. The van der Waals surface area contributed by atoms with Gasteiger partial charge in [0.05, 0.1) is 6.54 Å². The number of aromatic nitrogens is 3. The number of nitrogens with zero attached hydrogens (tertiary/aromatic N) is 3. The molecule has 0 aromatic carbocycles. The Morgan fingerprint density at radius 3 is 2.53 bits per heavy atom. The van der Waals surface area contributed by atoms with Gasteiger partial charge in [-0.1, -0.05) is 19.8 Å². The van der Waals surface area contributed by atoms with Crippen LogP contribution in [0.4, 0.5) is 0 Å². The molecule has 1 aromatic heterocycles. The Kier molecular flexibility index (Phi) is 2.90. The van der Waals surface area contributed by atoms with Gasteiger partial charge in [0.15, 0.2) is 0 Å². The van der Waals surface area contributed by atoms with Crippen molar-refractivity contribution in [3.05, 3.63) is 11.6 Å². The minimum atomic E-state index is 0.509. The van der Waals surface area contributed by atoms with E-state index >= 15 is 0 Å². The summed E-state index contributed by atoms with van der Waals surface area (Å²) in [6.45, 7) is 3.73. The summed E-state index contributed by atoms with van der Waals surface area (Å²) in [7, 11) is 0. The first kappa shape index (κ1) is 11.2. The van der Waals surface area contributed by atoms with Crippen molar-refractivity contribution in [3.8, 4) is 0 Å². The largest absolute Gasteiger partial charge is 0.324 e. The number of fused-ring (bicyclic) bond motifs is 1. The maximum absolute atomic E-state index is 5.74. The van der Waals surface area contributed by atoms with Crippen molar-refractivity contribution in [2.75, 3.05) is 0 Å². The van der Waals surface area contributed by atoms with Gasteiger partial charge in [0.25, 0.3) is 0 Å². The van der Waals surface area contributed by atoms with E-state index in [1.54, 1.807) is 0 Å². The third kappa shape index (κ3) is 1.79. The van der Waals surface area contributed by atoms with E-state index in [1.807, 2.05) is 0 Å². The Morgan fingerprint density at radius 2 is 1.94 bits per heavy atom. The lowest BCUT2D eigenvalue weighted by Gasteiger charge is -2.07. The van der Waals surface area contributed by atoms with Crippen LogP contribution in [0.1, 0.15) is 56.6 Å². The monoisotopic (exact) mass is 234 g/mol. The van der Waals surface area contributed by atoms with Crippen LogP contribution in [-0.2, 0) is 13.1 Å². The molecule has 4 heteroatoms. The molecule has 0 radical (unpaired) electrons. The third-order valence-corrected chi connectivity index (χ3v) is 4.44. The van der Waals surface area contributed by atoms with E-state index in [4.69, 9.17) is 5.73 Å². The lowest BCUT2D eigenvalue weighted by molar-refractivity contribution is 0.480. The van der Waals surface area contributed by atoms with Crippen molar-refractivity contribution in [2.24, 2.45) is 17.6 Å². The maximum Gasteiger partial charge on any atom is 0.146 e. The SMILES string of the molecule is CCCn1c(CN)nnc1C1C2CCCCC21. The van der Waals surface area contributed by atoms with Gasteiger partial charge in [-0.2, -0.15) is 0 Å². The molecule has 94 valence electrons. The molecule has 0 bridgehead atoms. The highest BCUT2D eigenvalue weighted by Crippen LogP contribution is 2.60. The molecule has 1 heterocycles. The highest BCUT2D eigenvalue weighted by molar-refractivity contribution is 5.18. The van der Waals surface area contributed by atoms with Crippen LogP contribution in [0.5, 0.6) is 0 Å². The molecule has 3 rings (SSSR count). The van der Waals surface area contributed by atoms with Crippen molar-refractivity contribution in [2.45, 2.75) is 58.0 Å². The molecule has 2 aliphatic carbocycles. The molecular formula is C13H22N4. The zero-order valence-electron chi connectivity index (χ0n) is 10.6. The van der Waals surface area contributed by atoms with Crippen LogP contribution < -0.4 is 5.73 Å². The van der Waals surface area contributed by atoms with Gasteiger partial charge in [0, 0.05) is 12.5 Å². The van der Waals surface area contributed by atoms with Gasteiger partial charge < -0.3 is 10.3 Å². The highest BCUT2D eigenvalue weighted by Gasteiger charge is 2.53. The summed E-state index contributed by atoms with van der Waals surface area (Å²) in [6, 6.07) is 0. The molecular weight excluding hydrogens is 212 g/mol. The molecule has 2 unspecified atom stereocenters. The molecule has 2 atom stereocenters. The van der Waals surface area contributed by atoms with Gasteiger partial charge in [-0.3, -0.25) is 0 Å². The van der Waals surface area contributed by atoms with Crippen LogP contribution in [0.25, 0.3) is 0 Å². The van der Waals surface area contributed by atoms with Crippen molar-refractivity contribution >= 4 is 0 Å². The lowest BCUT2D eigenvalue weighted by atomic mass is 10.0. The summed E-state index contributed by atoms with van der Waals surface area (Å²) in [4.78, 5) is 0. The standard InChI is InChI=1S/C13H22N4/c1-2-7-17-11(8-14)15-16-13(17)12-9-5-3-4-6-10(9)12/h9-10,12H,2-8,14H2,1H3.